The standard InChI is InChI=1S/C19H19F3N4O2S/c1-11-4-3-5-15(12(11)2)24-18(29)26-25-16(27)10-23-17(28)13-6-8-14(9-7-13)19(20,21)22/h3-9H,10H2,1-2H3,(H,23,28)(H,25,27)(H2,24,26,29). The fraction of sp³-hybridized carbons (Fsp3) is 0.211. The van der Waals surface area contributed by atoms with Gasteiger partial charge in [0.1, 0.15) is 0 Å². The Kier molecular flexibility index (Phi) is 7.16. The zero-order chi connectivity index (χ0) is 21.6. The number of thiocarbonyl (C=S) groups is 1. The highest BCUT2D eigenvalue weighted by atomic mass is 32.1. The zero-order valence-corrected chi connectivity index (χ0v) is 16.4. The average molecular weight is 424 g/mol. The van der Waals surface area contributed by atoms with E-state index in [9.17, 15) is 22.8 Å². The van der Waals surface area contributed by atoms with Gasteiger partial charge in [-0.2, -0.15) is 13.2 Å². The van der Waals surface area contributed by atoms with Crippen LogP contribution in [0.2, 0.25) is 0 Å². The summed E-state index contributed by atoms with van der Waals surface area (Å²) in [5, 5.41) is 5.41. The lowest BCUT2D eigenvalue weighted by Crippen LogP contribution is -2.47. The van der Waals surface area contributed by atoms with E-state index in [1.54, 1.807) is 0 Å². The van der Waals surface area contributed by atoms with Gasteiger partial charge in [-0.1, -0.05) is 12.1 Å². The Labute approximate surface area is 170 Å². The van der Waals surface area contributed by atoms with E-state index >= 15 is 0 Å². The van der Waals surface area contributed by atoms with E-state index in [0.717, 1.165) is 41.1 Å². The minimum absolute atomic E-state index is 0.00543. The van der Waals surface area contributed by atoms with Gasteiger partial charge in [0.2, 0.25) is 0 Å². The molecule has 0 saturated heterocycles. The first-order valence-corrected chi connectivity index (χ1v) is 8.86. The minimum atomic E-state index is -4.48. The van der Waals surface area contributed by atoms with Crippen LogP contribution < -0.4 is 21.5 Å². The van der Waals surface area contributed by atoms with E-state index in [4.69, 9.17) is 12.2 Å². The molecule has 0 aliphatic carbocycles. The number of nitrogens with one attached hydrogen (secondary N) is 4. The molecule has 0 spiro atoms. The third-order valence-electron chi connectivity index (χ3n) is 4.05. The molecule has 0 bridgehead atoms. The first-order valence-electron chi connectivity index (χ1n) is 8.45. The molecule has 0 heterocycles. The van der Waals surface area contributed by atoms with Crippen molar-refractivity contribution in [3.63, 3.8) is 0 Å². The van der Waals surface area contributed by atoms with E-state index < -0.39 is 23.6 Å². The fourth-order valence-corrected chi connectivity index (χ4v) is 2.44. The van der Waals surface area contributed by atoms with Crippen molar-refractivity contribution in [1.29, 1.82) is 0 Å². The van der Waals surface area contributed by atoms with Crippen LogP contribution in [0.15, 0.2) is 42.5 Å². The van der Waals surface area contributed by atoms with Gasteiger partial charge in [-0.05, 0) is 67.5 Å². The van der Waals surface area contributed by atoms with Crippen LogP contribution in [0.25, 0.3) is 0 Å². The number of benzene rings is 2. The lowest BCUT2D eigenvalue weighted by Gasteiger charge is -2.14. The first-order chi connectivity index (χ1) is 13.6. The Morgan fingerprint density at radius 1 is 1.00 bits per heavy atom. The summed E-state index contributed by atoms with van der Waals surface area (Å²) >= 11 is 5.10. The number of anilines is 1. The molecule has 6 nitrogen and oxygen atoms in total. The highest BCUT2D eigenvalue weighted by molar-refractivity contribution is 7.80. The van der Waals surface area contributed by atoms with E-state index in [-0.39, 0.29) is 17.2 Å². The maximum Gasteiger partial charge on any atom is 0.416 e. The largest absolute Gasteiger partial charge is 0.416 e. The van der Waals surface area contributed by atoms with Crippen molar-refractivity contribution in [3.05, 3.63) is 64.7 Å². The number of carbonyl (C=O) groups is 2. The van der Waals surface area contributed by atoms with Crippen molar-refractivity contribution in [1.82, 2.24) is 16.2 Å². The molecule has 2 aromatic rings. The van der Waals surface area contributed by atoms with Crippen LogP contribution in [0, 0.1) is 13.8 Å². The summed E-state index contributed by atoms with van der Waals surface area (Å²) in [5.74, 6) is -1.26. The summed E-state index contributed by atoms with van der Waals surface area (Å²) in [4.78, 5) is 23.7. The van der Waals surface area contributed by atoms with Crippen LogP contribution in [0.1, 0.15) is 27.0 Å². The predicted molar refractivity (Wildman–Crippen MR) is 107 cm³/mol. The quantitative estimate of drug-likeness (QED) is 0.448. The van der Waals surface area contributed by atoms with Gasteiger partial charge in [-0.25, -0.2) is 0 Å². The Morgan fingerprint density at radius 3 is 2.28 bits per heavy atom. The SMILES string of the molecule is Cc1cccc(NC(=S)NNC(=O)CNC(=O)c2ccc(C(F)(F)F)cc2)c1C. The molecule has 10 heteroatoms. The molecule has 0 aliphatic heterocycles. The van der Waals surface area contributed by atoms with Gasteiger partial charge in [0.05, 0.1) is 12.1 Å². The van der Waals surface area contributed by atoms with E-state index in [1.165, 1.54) is 0 Å². The average Bonchev–Trinajstić information content (AvgIpc) is 2.67. The normalized spacial score (nSPS) is 10.8. The number of hydrogen-bond donors (Lipinski definition) is 4. The van der Waals surface area contributed by atoms with Crippen LogP contribution in [0.5, 0.6) is 0 Å². The molecular weight excluding hydrogens is 405 g/mol. The smallest absolute Gasteiger partial charge is 0.343 e. The van der Waals surface area contributed by atoms with Crippen LogP contribution in [0.3, 0.4) is 0 Å². The molecule has 2 aromatic carbocycles. The van der Waals surface area contributed by atoms with E-state index in [1.807, 2.05) is 32.0 Å². The van der Waals surface area contributed by atoms with E-state index in [2.05, 4.69) is 21.5 Å². The third-order valence-corrected chi connectivity index (χ3v) is 4.26. The molecule has 2 amide bonds. The lowest BCUT2D eigenvalue weighted by atomic mass is 10.1. The van der Waals surface area contributed by atoms with Crippen molar-refractivity contribution in [2.24, 2.45) is 0 Å². The van der Waals surface area contributed by atoms with Gasteiger partial charge < -0.3 is 10.6 Å². The van der Waals surface area contributed by atoms with Crippen molar-refractivity contribution in [3.8, 4) is 0 Å². The van der Waals surface area contributed by atoms with Gasteiger partial charge in [0.15, 0.2) is 5.11 Å². The predicted octanol–water partition coefficient (Wildman–Crippen LogP) is 3.07. The summed E-state index contributed by atoms with van der Waals surface area (Å²) in [5.41, 5.74) is 6.84. The molecule has 0 saturated carbocycles. The highest BCUT2D eigenvalue weighted by Crippen LogP contribution is 2.29. The topological polar surface area (TPSA) is 82.3 Å². The molecule has 0 aromatic heterocycles. The van der Waals surface area contributed by atoms with Gasteiger partial charge in [0, 0.05) is 11.3 Å². The lowest BCUT2D eigenvalue weighted by molar-refractivity contribution is -0.137. The van der Waals surface area contributed by atoms with Gasteiger partial charge in [0.25, 0.3) is 11.8 Å². The van der Waals surface area contributed by atoms with Crippen LogP contribution in [-0.4, -0.2) is 23.5 Å². The summed E-state index contributed by atoms with van der Waals surface area (Å²) in [6, 6.07) is 9.33. The number of hydrogen-bond acceptors (Lipinski definition) is 3. The summed E-state index contributed by atoms with van der Waals surface area (Å²) in [6.45, 7) is 3.49. The summed E-state index contributed by atoms with van der Waals surface area (Å²) in [7, 11) is 0. The van der Waals surface area contributed by atoms with Crippen LogP contribution in [-0.2, 0) is 11.0 Å². The minimum Gasteiger partial charge on any atom is -0.343 e. The molecule has 154 valence electrons. The molecule has 0 aliphatic rings. The van der Waals surface area contributed by atoms with Crippen LogP contribution in [0.4, 0.5) is 18.9 Å². The van der Waals surface area contributed by atoms with Gasteiger partial charge in [-0.3, -0.25) is 20.4 Å². The monoisotopic (exact) mass is 424 g/mol. The Bertz CT molecular complexity index is 915. The molecule has 0 radical (unpaired) electrons. The third kappa shape index (κ3) is 6.46. The molecule has 0 fully saturated rings. The number of carbonyl (C=O) groups excluding carboxylic acids is 2. The molecule has 2 rings (SSSR count). The fourth-order valence-electron chi connectivity index (χ4n) is 2.28. The first kappa shape index (κ1) is 22.2. The van der Waals surface area contributed by atoms with Crippen molar-refractivity contribution in [2.45, 2.75) is 20.0 Å². The Morgan fingerprint density at radius 2 is 1.66 bits per heavy atom. The van der Waals surface area contributed by atoms with Gasteiger partial charge in [-0.15, -0.1) is 0 Å². The number of hydrazine groups is 1. The Balaban J connectivity index is 1.78. The van der Waals surface area contributed by atoms with E-state index in [0.29, 0.717) is 0 Å². The second kappa shape index (κ2) is 9.37. The van der Waals surface area contributed by atoms with Crippen LogP contribution >= 0.6 is 12.2 Å². The molecule has 0 unspecified atom stereocenters. The number of aryl methyl sites for hydroxylation is 1. The van der Waals surface area contributed by atoms with Gasteiger partial charge >= 0.3 is 6.18 Å². The molecular formula is C19H19F3N4O2S. The molecule has 4 N–H and O–H groups in total. The summed E-state index contributed by atoms with van der Waals surface area (Å²) < 4.78 is 37.6. The maximum atomic E-state index is 12.5. The molecule has 29 heavy (non-hydrogen) atoms. The maximum absolute atomic E-state index is 12.5. The number of halogens is 3. The summed E-state index contributed by atoms with van der Waals surface area (Å²) in [6.07, 6.45) is -4.48. The molecule has 0 atom stereocenters. The number of rotatable bonds is 4. The van der Waals surface area contributed by atoms with Crippen molar-refractivity contribution >= 4 is 34.8 Å². The second-order valence-electron chi connectivity index (χ2n) is 6.13. The second-order valence-corrected chi connectivity index (χ2v) is 6.54. The highest BCUT2D eigenvalue weighted by Gasteiger charge is 2.30. The zero-order valence-electron chi connectivity index (χ0n) is 15.6. The number of alkyl halides is 3. The Hall–Kier alpha value is -3.14. The van der Waals surface area contributed by atoms with Crippen molar-refractivity contribution < 1.29 is 22.8 Å². The van der Waals surface area contributed by atoms with Crippen molar-refractivity contribution in [2.75, 3.05) is 11.9 Å². The number of amides is 2.